The first-order valence-electron chi connectivity index (χ1n) is 40.4. The van der Waals surface area contributed by atoms with Gasteiger partial charge in [-0.3, -0.25) is 9.59 Å². The quantitative estimate of drug-likeness (QED) is 0.0320. The Morgan fingerprint density at radius 1 is 0.315 bits per heavy atom. The Bertz CT molecular complexity index is 1490. The third kappa shape index (κ3) is 74.7. The Morgan fingerprint density at radius 2 is 0.562 bits per heavy atom. The molecule has 89 heavy (non-hydrogen) atoms. The van der Waals surface area contributed by atoms with Gasteiger partial charge in [0.2, 0.25) is 5.91 Å². The van der Waals surface area contributed by atoms with E-state index < -0.39 is 12.1 Å². The molecule has 0 aliphatic carbocycles. The molecule has 0 radical (unpaired) electrons. The molecule has 6 nitrogen and oxygen atoms in total. The maximum Gasteiger partial charge on any atom is 0.305 e. The van der Waals surface area contributed by atoms with Crippen LogP contribution in [0.1, 0.15) is 444 Å². The molecule has 0 saturated heterocycles. The molecule has 0 aliphatic heterocycles. The number of amides is 1. The molecule has 6 heteroatoms. The van der Waals surface area contributed by atoms with Gasteiger partial charge in [0.25, 0.3) is 0 Å². The van der Waals surface area contributed by atoms with Crippen LogP contribution in [-0.4, -0.2) is 47.4 Å². The minimum Gasteiger partial charge on any atom is -0.466 e. The van der Waals surface area contributed by atoms with Crippen molar-refractivity contribution >= 4 is 11.9 Å². The monoisotopic (exact) mass is 1250 g/mol. The number of esters is 1. The summed E-state index contributed by atoms with van der Waals surface area (Å²) in [6, 6.07) is -0.545. The van der Waals surface area contributed by atoms with Crippen LogP contribution in [0.25, 0.3) is 0 Å². The van der Waals surface area contributed by atoms with Crippen molar-refractivity contribution < 1.29 is 24.5 Å². The third-order valence-electron chi connectivity index (χ3n) is 18.9. The molecule has 0 aromatic carbocycles. The summed E-state index contributed by atoms with van der Waals surface area (Å²) in [6.45, 7) is 4.97. The Balaban J connectivity index is 3.40. The van der Waals surface area contributed by atoms with Crippen molar-refractivity contribution in [1.29, 1.82) is 0 Å². The first-order chi connectivity index (χ1) is 44.0. The van der Waals surface area contributed by atoms with Crippen molar-refractivity contribution in [2.24, 2.45) is 0 Å². The number of rotatable bonds is 76. The zero-order chi connectivity index (χ0) is 64.2. The molecule has 3 N–H and O–H groups in total. The number of allylic oxidation sites excluding steroid dienone is 8. The van der Waals surface area contributed by atoms with E-state index in [1.807, 2.05) is 0 Å². The van der Waals surface area contributed by atoms with E-state index in [-0.39, 0.29) is 18.5 Å². The smallest absolute Gasteiger partial charge is 0.305 e. The summed E-state index contributed by atoms with van der Waals surface area (Å²) in [5.74, 6) is -0.0221. The summed E-state index contributed by atoms with van der Waals surface area (Å²) in [6.07, 6.45) is 103. The molecular weight excluding hydrogens is 1090 g/mol. The third-order valence-corrected chi connectivity index (χ3v) is 18.9. The normalized spacial score (nSPS) is 12.7. The minimum atomic E-state index is -0.668. The van der Waals surface area contributed by atoms with Gasteiger partial charge in [0.15, 0.2) is 0 Å². The first kappa shape index (κ1) is 86.8. The van der Waals surface area contributed by atoms with Gasteiger partial charge in [0.1, 0.15) is 0 Å². The Hall–Kier alpha value is -2.18. The number of carbonyl (C=O) groups excluding carboxylic acids is 2. The lowest BCUT2D eigenvalue weighted by Crippen LogP contribution is -2.45. The minimum absolute atomic E-state index is 0.00894. The lowest BCUT2D eigenvalue weighted by atomic mass is 10.0. The number of hydrogen-bond acceptors (Lipinski definition) is 5. The van der Waals surface area contributed by atoms with E-state index in [0.717, 1.165) is 57.8 Å². The van der Waals surface area contributed by atoms with E-state index in [2.05, 4.69) is 67.8 Å². The summed E-state index contributed by atoms with van der Waals surface area (Å²) in [4.78, 5) is 24.7. The Morgan fingerprint density at radius 3 is 0.876 bits per heavy atom. The standard InChI is InChI=1S/C83H157NO5/c1-3-5-7-9-11-13-15-17-19-21-23-24-25-33-36-40-43-47-51-55-59-63-67-71-75-81(86)80(79-85)84-82(87)76-72-68-64-60-56-52-48-44-41-37-34-31-29-27-26-28-30-32-35-38-42-46-50-54-58-62-66-70-74-78-89-83(88)77-73-69-65-61-57-53-49-45-39-22-20-18-16-14-12-10-8-6-4-2/h12,14,18,20,26,28,32,35,80-81,85-86H,3-11,13,15-17,19,21-25,27,29-31,33-34,36-79H2,1-2H3,(H,84,87)/b14-12-,20-18-,28-26-,35-32-. The van der Waals surface area contributed by atoms with Gasteiger partial charge < -0.3 is 20.3 Å². The van der Waals surface area contributed by atoms with Gasteiger partial charge in [-0.25, -0.2) is 0 Å². The van der Waals surface area contributed by atoms with E-state index in [9.17, 15) is 19.8 Å². The molecule has 0 spiro atoms. The second kappa shape index (κ2) is 78.3. The highest BCUT2D eigenvalue weighted by atomic mass is 16.5. The largest absolute Gasteiger partial charge is 0.466 e. The summed E-state index contributed by atoms with van der Waals surface area (Å²) in [7, 11) is 0. The predicted octanol–water partition coefficient (Wildman–Crippen LogP) is 26.8. The molecule has 524 valence electrons. The number of aliphatic hydroxyl groups excluding tert-OH is 2. The molecule has 0 aliphatic rings. The van der Waals surface area contributed by atoms with Crippen LogP contribution in [-0.2, 0) is 14.3 Å². The van der Waals surface area contributed by atoms with Crippen LogP contribution in [0.3, 0.4) is 0 Å². The molecular formula is C83H157NO5. The van der Waals surface area contributed by atoms with Gasteiger partial charge in [-0.1, -0.05) is 390 Å². The highest BCUT2D eigenvalue weighted by Crippen LogP contribution is 2.20. The van der Waals surface area contributed by atoms with E-state index in [4.69, 9.17) is 4.74 Å². The molecule has 0 aromatic rings. The van der Waals surface area contributed by atoms with Gasteiger partial charge in [-0.05, 0) is 89.9 Å². The van der Waals surface area contributed by atoms with Crippen LogP contribution in [0.5, 0.6) is 0 Å². The van der Waals surface area contributed by atoms with Crippen molar-refractivity contribution in [3.8, 4) is 0 Å². The van der Waals surface area contributed by atoms with Gasteiger partial charge in [-0.15, -0.1) is 0 Å². The molecule has 0 bridgehead atoms. The maximum atomic E-state index is 12.6. The van der Waals surface area contributed by atoms with Crippen molar-refractivity contribution in [1.82, 2.24) is 5.32 Å². The summed E-state index contributed by atoms with van der Waals surface area (Å²) < 4.78 is 5.51. The van der Waals surface area contributed by atoms with Gasteiger partial charge in [-0.2, -0.15) is 0 Å². The molecule has 0 rings (SSSR count). The van der Waals surface area contributed by atoms with Gasteiger partial charge >= 0.3 is 5.97 Å². The number of unbranched alkanes of at least 4 members (excludes halogenated alkanes) is 57. The van der Waals surface area contributed by atoms with Crippen molar-refractivity contribution in [2.45, 2.75) is 456 Å². The van der Waals surface area contributed by atoms with E-state index in [1.54, 1.807) is 0 Å². The zero-order valence-electron chi connectivity index (χ0n) is 60.2. The summed E-state index contributed by atoms with van der Waals surface area (Å²) >= 11 is 0. The van der Waals surface area contributed by atoms with E-state index in [1.165, 1.54) is 353 Å². The summed E-state index contributed by atoms with van der Waals surface area (Å²) in [5, 5.41) is 23.5. The van der Waals surface area contributed by atoms with Crippen LogP contribution < -0.4 is 5.32 Å². The number of ether oxygens (including phenoxy) is 1. The SMILES string of the molecule is CCCCC/C=C\C/C=C\CCCCCCCCCCCC(=O)OCCCCCCCCCCC/C=C\C/C=C\CCCCCCCCCCCCCCCC(=O)NC(CO)C(O)CCCCCCCCCCCCCCCCCCCCCCCCCC. The Labute approximate surface area is 556 Å². The van der Waals surface area contributed by atoms with E-state index in [0.29, 0.717) is 25.9 Å². The highest BCUT2D eigenvalue weighted by Gasteiger charge is 2.20. The number of aliphatic hydroxyl groups is 2. The fraction of sp³-hybridized carbons (Fsp3) is 0.880. The molecule has 0 saturated carbocycles. The molecule has 0 fully saturated rings. The molecule has 2 unspecified atom stereocenters. The lowest BCUT2D eigenvalue weighted by Gasteiger charge is -2.22. The average Bonchev–Trinajstić information content (AvgIpc) is 3.56. The fourth-order valence-corrected chi connectivity index (χ4v) is 12.7. The van der Waals surface area contributed by atoms with Crippen LogP contribution in [0, 0.1) is 0 Å². The van der Waals surface area contributed by atoms with Gasteiger partial charge in [0, 0.05) is 12.8 Å². The van der Waals surface area contributed by atoms with E-state index >= 15 is 0 Å². The van der Waals surface area contributed by atoms with Crippen molar-refractivity contribution in [3.63, 3.8) is 0 Å². The highest BCUT2D eigenvalue weighted by molar-refractivity contribution is 5.76. The maximum absolute atomic E-state index is 12.6. The van der Waals surface area contributed by atoms with Crippen LogP contribution in [0.4, 0.5) is 0 Å². The average molecular weight is 1250 g/mol. The molecule has 2 atom stereocenters. The lowest BCUT2D eigenvalue weighted by molar-refractivity contribution is -0.143. The first-order valence-corrected chi connectivity index (χ1v) is 40.4. The number of nitrogens with one attached hydrogen (secondary N) is 1. The van der Waals surface area contributed by atoms with Gasteiger partial charge in [0.05, 0.1) is 25.4 Å². The zero-order valence-corrected chi connectivity index (χ0v) is 60.2. The second-order valence-corrected chi connectivity index (χ2v) is 27.7. The number of carbonyl (C=O) groups is 2. The van der Waals surface area contributed by atoms with Crippen molar-refractivity contribution in [3.05, 3.63) is 48.6 Å². The topological polar surface area (TPSA) is 95.9 Å². The number of hydrogen-bond donors (Lipinski definition) is 3. The molecule has 1 amide bonds. The predicted molar refractivity (Wildman–Crippen MR) is 393 cm³/mol. The summed E-state index contributed by atoms with van der Waals surface area (Å²) in [5.41, 5.74) is 0. The van der Waals surface area contributed by atoms with Crippen LogP contribution in [0.15, 0.2) is 48.6 Å². The van der Waals surface area contributed by atoms with Crippen LogP contribution >= 0.6 is 0 Å². The Kier molecular flexibility index (Phi) is 76.3. The van der Waals surface area contributed by atoms with Crippen LogP contribution in [0.2, 0.25) is 0 Å². The fourth-order valence-electron chi connectivity index (χ4n) is 12.7. The molecule has 0 aromatic heterocycles. The second-order valence-electron chi connectivity index (χ2n) is 27.7. The molecule has 0 heterocycles. The van der Waals surface area contributed by atoms with Crippen molar-refractivity contribution in [2.75, 3.05) is 13.2 Å².